The summed E-state index contributed by atoms with van der Waals surface area (Å²) in [5.41, 5.74) is 4.97. The van der Waals surface area contributed by atoms with Gasteiger partial charge in [-0.1, -0.05) is 66.7 Å². The molecule has 0 saturated heterocycles. The summed E-state index contributed by atoms with van der Waals surface area (Å²) in [6.07, 6.45) is 4.51. The number of pyridine rings is 1. The van der Waals surface area contributed by atoms with E-state index in [1.165, 1.54) is 0 Å². The highest BCUT2D eigenvalue weighted by atomic mass is 16.5. The molecular weight excluding hydrogens is 424 g/mol. The number of rotatable bonds is 5. The van der Waals surface area contributed by atoms with Crippen LogP contribution in [0.15, 0.2) is 101 Å². The lowest BCUT2D eigenvalue weighted by Gasteiger charge is -2.36. The molecule has 2 aliphatic rings. The number of nitrogens with zero attached hydrogens (tertiary/aromatic N) is 2. The van der Waals surface area contributed by atoms with Crippen molar-refractivity contribution in [3.63, 3.8) is 0 Å². The van der Waals surface area contributed by atoms with Gasteiger partial charge in [-0.2, -0.15) is 0 Å². The molecule has 0 spiro atoms. The molecular formula is C29H26N2O3. The summed E-state index contributed by atoms with van der Waals surface area (Å²) in [4.78, 5) is 36.0. The molecule has 2 aromatic carbocycles. The van der Waals surface area contributed by atoms with Crippen LogP contribution in [0.25, 0.3) is 0 Å². The van der Waals surface area contributed by atoms with Crippen LogP contribution in [0.1, 0.15) is 48.3 Å². The summed E-state index contributed by atoms with van der Waals surface area (Å²) in [7, 11) is 0. The van der Waals surface area contributed by atoms with Gasteiger partial charge in [0.25, 0.3) is 0 Å². The lowest BCUT2D eigenvalue weighted by Crippen LogP contribution is -2.38. The second-order valence-corrected chi connectivity index (χ2v) is 8.89. The van der Waals surface area contributed by atoms with Crippen molar-refractivity contribution < 1.29 is 14.3 Å². The number of benzene rings is 2. The third-order valence-corrected chi connectivity index (χ3v) is 6.68. The summed E-state index contributed by atoms with van der Waals surface area (Å²) in [6.45, 7) is 2.04. The van der Waals surface area contributed by atoms with Gasteiger partial charge in [0.2, 0.25) is 0 Å². The predicted molar refractivity (Wildman–Crippen MR) is 130 cm³/mol. The SMILES string of the molecule is CC1=NC2=C(C(=O)C[C@H](c3ccccc3)C2)[C@@H](c2cccnc2)C1C(=O)OCc1ccccc1. The number of aromatic nitrogens is 1. The highest BCUT2D eigenvalue weighted by Gasteiger charge is 2.44. The lowest BCUT2D eigenvalue weighted by atomic mass is 9.69. The maximum Gasteiger partial charge on any atom is 0.315 e. The first-order chi connectivity index (χ1) is 16.6. The zero-order chi connectivity index (χ0) is 23.5. The number of esters is 1. The first-order valence-corrected chi connectivity index (χ1v) is 11.6. The van der Waals surface area contributed by atoms with Crippen LogP contribution >= 0.6 is 0 Å². The monoisotopic (exact) mass is 450 g/mol. The largest absolute Gasteiger partial charge is 0.460 e. The van der Waals surface area contributed by atoms with Gasteiger partial charge in [-0.05, 0) is 42.0 Å². The van der Waals surface area contributed by atoms with Gasteiger partial charge in [-0.25, -0.2) is 0 Å². The average Bonchev–Trinajstić information content (AvgIpc) is 2.88. The molecule has 2 heterocycles. The van der Waals surface area contributed by atoms with E-state index in [-0.39, 0.29) is 24.3 Å². The van der Waals surface area contributed by atoms with E-state index in [1.807, 2.05) is 67.6 Å². The van der Waals surface area contributed by atoms with Gasteiger partial charge in [0.1, 0.15) is 12.5 Å². The highest BCUT2D eigenvalue weighted by Crippen LogP contribution is 2.46. The van der Waals surface area contributed by atoms with Crippen LogP contribution in [0.5, 0.6) is 0 Å². The van der Waals surface area contributed by atoms with Crippen LogP contribution in [-0.2, 0) is 20.9 Å². The number of carbonyl (C=O) groups is 2. The highest BCUT2D eigenvalue weighted by molar-refractivity contribution is 6.09. The number of hydrogen-bond acceptors (Lipinski definition) is 5. The molecule has 0 radical (unpaired) electrons. The Morgan fingerprint density at radius 3 is 2.35 bits per heavy atom. The normalized spacial score (nSPS) is 22.1. The van der Waals surface area contributed by atoms with Crippen molar-refractivity contribution in [3.05, 3.63) is 113 Å². The second-order valence-electron chi connectivity index (χ2n) is 8.89. The Hall–Kier alpha value is -3.86. The van der Waals surface area contributed by atoms with Gasteiger partial charge in [-0.15, -0.1) is 0 Å². The van der Waals surface area contributed by atoms with Crippen LogP contribution in [-0.4, -0.2) is 22.4 Å². The van der Waals surface area contributed by atoms with Gasteiger partial charge in [0, 0.05) is 41.7 Å². The predicted octanol–water partition coefficient (Wildman–Crippen LogP) is 5.40. The minimum Gasteiger partial charge on any atom is -0.460 e. The van der Waals surface area contributed by atoms with E-state index in [9.17, 15) is 9.59 Å². The molecule has 0 N–H and O–H groups in total. The fourth-order valence-electron chi connectivity index (χ4n) is 5.06. The Balaban J connectivity index is 1.49. The van der Waals surface area contributed by atoms with Crippen LogP contribution in [0.3, 0.4) is 0 Å². The molecule has 5 nitrogen and oxygen atoms in total. The molecule has 1 aromatic heterocycles. The van der Waals surface area contributed by atoms with E-state index in [0.29, 0.717) is 24.1 Å². The van der Waals surface area contributed by atoms with Crippen molar-refractivity contribution in [1.29, 1.82) is 0 Å². The lowest BCUT2D eigenvalue weighted by molar-refractivity contribution is -0.148. The first-order valence-electron chi connectivity index (χ1n) is 11.6. The van der Waals surface area contributed by atoms with Gasteiger partial charge in [-0.3, -0.25) is 19.6 Å². The summed E-state index contributed by atoms with van der Waals surface area (Å²) in [6, 6.07) is 23.4. The molecule has 5 heteroatoms. The first kappa shape index (κ1) is 22.0. The average molecular weight is 451 g/mol. The Morgan fingerprint density at radius 1 is 0.941 bits per heavy atom. The molecule has 0 fully saturated rings. The molecule has 34 heavy (non-hydrogen) atoms. The van der Waals surface area contributed by atoms with Crippen LogP contribution in [0.2, 0.25) is 0 Å². The fraction of sp³-hybridized carbons (Fsp3) is 0.241. The summed E-state index contributed by atoms with van der Waals surface area (Å²) < 4.78 is 5.72. The van der Waals surface area contributed by atoms with Crippen molar-refractivity contribution in [3.8, 4) is 0 Å². The number of ketones is 1. The minimum atomic E-state index is -0.663. The standard InChI is InChI=1S/C29H26N2O3/c1-19-26(29(33)34-18-20-9-4-2-5-10-20)27(22-13-8-14-30-17-22)28-24(31-19)15-23(16-25(28)32)21-11-6-3-7-12-21/h2-14,17,23,26-27H,15-16,18H2,1H3/t23-,26?,27+/m1/s1. The van der Waals surface area contributed by atoms with Crippen LogP contribution < -0.4 is 0 Å². The molecule has 0 bridgehead atoms. The molecule has 3 atom stereocenters. The summed E-state index contributed by atoms with van der Waals surface area (Å²) >= 11 is 0. The van der Waals surface area contributed by atoms with Gasteiger partial charge in [0.05, 0.1) is 0 Å². The Labute approximate surface area is 199 Å². The van der Waals surface area contributed by atoms with Crippen molar-refractivity contribution in [2.24, 2.45) is 10.9 Å². The molecule has 1 aliphatic heterocycles. The smallest absolute Gasteiger partial charge is 0.315 e. The maximum atomic E-state index is 13.6. The fourth-order valence-corrected chi connectivity index (χ4v) is 5.06. The van der Waals surface area contributed by atoms with Crippen molar-refractivity contribution in [2.45, 2.75) is 38.2 Å². The van der Waals surface area contributed by atoms with E-state index in [0.717, 1.165) is 22.4 Å². The molecule has 5 rings (SSSR count). The molecule has 0 saturated carbocycles. The number of Topliss-reactive ketones (excluding diaryl/α,β-unsaturated/α-hetero) is 1. The molecule has 1 aliphatic carbocycles. The van der Waals surface area contributed by atoms with Crippen LogP contribution in [0, 0.1) is 5.92 Å². The van der Waals surface area contributed by atoms with E-state index in [1.54, 1.807) is 12.4 Å². The van der Waals surface area contributed by atoms with Crippen molar-refractivity contribution >= 4 is 17.5 Å². The Kier molecular flexibility index (Phi) is 6.17. The minimum absolute atomic E-state index is 0.0427. The second kappa shape index (κ2) is 9.56. The quantitative estimate of drug-likeness (QED) is 0.488. The third-order valence-electron chi connectivity index (χ3n) is 6.68. The van der Waals surface area contributed by atoms with E-state index < -0.39 is 11.8 Å². The third kappa shape index (κ3) is 4.34. The van der Waals surface area contributed by atoms with Crippen molar-refractivity contribution in [2.75, 3.05) is 0 Å². The van der Waals surface area contributed by atoms with Crippen LogP contribution in [0.4, 0.5) is 0 Å². The Bertz CT molecular complexity index is 1250. The van der Waals surface area contributed by atoms with E-state index in [2.05, 4.69) is 17.1 Å². The van der Waals surface area contributed by atoms with Gasteiger partial charge < -0.3 is 4.74 Å². The zero-order valence-electron chi connectivity index (χ0n) is 19.1. The maximum absolute atomic E-state index is 13.6. The summed E-state index contributed by atoms with van der Waals surface area (Å²) in [5.74, 6) is -1.36. The molecule has 0 amide bonds. The number of hydrogen-bond donors (Lipinski definition) is 0. The number of aliphatic imine (C=N–C) groups is 1. The molecule has 3 aromatic rings. The van der Waals surface area contributed by atoms with Gasteiger partial charge >= 0.3 is 5.97 Å². The number of carbonyl (C=O) groups excluding carboxylic acids is 2. The van der Waals surface area contributed by atoms with Crippen molar-refractivity contribution in [1.82, 2.24) is 4.98 Å². The Morgan fingerprint density at radius 2 is 1.65 bits per heavy atom. The topological polar surface area (TPSA) is 68.6 Å². The van der Waals surface area contributed by atoms with Gasteiger partial charge in [0.15, 0.2) is 5.78 Å². The number of allylic oxidation sites excluding steroid dienone is 2. The molecule has 170 valence electrons. The van der Waals surface area contributed by atoms with E-state index in [4.69, 9.17) is 9.73 Å². The number of ether oxygens (including phenoxy) is 1. The zero-order valence-corrected chi connectivity index (χ0v) is 19.1. The summed E-state index contributed by atoms with van der Waals surface area (Å²) in [5, 5.41) is 0. The van der Waals surface area contributed by atoms with E-state index >= 15 is 0 Å². The molecule has 1 unspecified atom stereocenters.